The Hall–Kier alpha value is -2.22. The fraction of sp³-hybridized carbons (Fsp3) is 0.250. The SMILES string of the molecule is COCCNc1nnc(Sc2ccc([N+](=O)[O-])cc2C#N)s1. The van der Waals surface area contributed by atoms with Crippen LogP contribution in [0.2, 0.25) is 0 Å². The van der Waals surface area contributed by atoms with Crippen LogP contribution in [0.3, 0.4) is 0 Å². The number of aromatic nitrogens is 2. The Morgan fingerprint density at radius 1 is 1.55 bits per heavy atom. The minimum Gasteiger partial charge on any atom is -0.383 e. The van der Waals surface area contributed by atoms with Crippen LogP contribution in [0.1, 0.15) is 5.56 Å². The van der Waals surface area contributed by atoms with Gasteiger partial charge in [0.2, 0.25) is 5.13 Å². The van der Waals surface area contributed by atoms with E-state index in [0.29, 0.717) is 27.5 Å². The third-order valence-corrected chi connectivity index (χ3v) is 4.49. The number of nitro groups is 1. The molecule has 0 unspecified atom stereocenters. The zero-order chi connectivity index (χ0) is 15.9. The van der Waals surface area contributed by atoms with Gasteiger partial charge in [0.15, 0.2) is 4.34 Å². The van der Waals surface area contributed by atoms with Crippen molar-refractivity contribution in [1.29, 1.82) is 5.26 Å². The van der Waals surface area contributed by atoms with Crippen molar-refractivity contribution in [2.75, 3.05) is 25.6 Å². The van der Waals surface area contributed by atoms with Gasteiger partial charge >= 0.3 is 0 Å². The number of benzene rings is 1. The Balaban J connectivity index is 2.10. The van der Waals surface area contributed by atoms with Crippen LogP contribution in [0.15, 0.2) is 27.4 Å². The first-order chi connectivity index (χ1) is 10.6. The Labute approximate surface area is 134 Å². The average molecular weight is 337 g/mol. The Kier molecular flexibility index (Phi) is 5.65. The van der Waals surface area contributed by atoms with Gasteiger partial charge in [0.05, 0.1) is 17.1 Å². The highest BCUT2D eigenvalue weighted by molar-refractivity contribution is 8.01. The molecule has 114 valence electrons. The monoisotopic (exact) mass is 337 g/mol. The van der Waals surface area contributed by atoms with Gasteiger partial charge in [-0.15, -0.1) is 10.2 Å². The first-order valence-corrected chi connectivity index (χ1v) is 7.70. The molecule has 0 saturated heterocycles. The van der Waals surface area contributed by atoms with E-state index in [-0.39, 0.29) is 11.3 Å². The number of nitro benzene ring substituents is 1. The topological polar surface area (TPSA) is 114 Å². The van der Waals surface area contributed by atoms with Gasteiger partial charge < -0.3 is 10.1 Å². The molecule has 0 saturated carbocycles. The number of ether oxygens (including phenoxy) is 1. The summed E-state index contributed by atoms with van der Waals surface area (Å²) in [6.07, 6.45) is 0. The average Bonchev–Trinajstić information content (AvgIpc) is 2.95. The lowest BCUT2D eigenvalue weighted by molar-refractivity contribution is -0.384. The molecule has 1 N–H and O–H groups in total. The van der Waals surface area contributed by atoms with Crippen LogP contribution >= 0.6 is 23.1 Å². The molecule has 0 bridgehead atoms. The number of methoxy groups -OCH3 is 1. The largest absolute Gasteiger partial charge is 0.383 e. The van der Waals surface area contributed by atoms with Gasteiger partial charge in [-0.3, -0.25) is 10.1 Å². The second-order valence-corrected chi connectivity index (χ2v) is 6.21. The van der Waals surface area contributed by atoms with Crippen LogP contribution in [-0.2, 0) is 4.74 Å². The lowest BCUT2D eigenvalue weighted by Crippen LogP contribution is -2.06. The molecule has 1 aromatic heterocycles. The predicted octanol–water partition coefficient (Wildman–Crippen LogP) is 2.53. The Morgan fingerprint density at radius 2 is 2.36 bits per heavy atom. The summed E-state index contributed by atoms with van der Waals surface area (Å²) in [5.74, 6) is 0. The van der Waals surface area contributed by atoms with Crippen molar-refractivity contribution in [3.8, 4) is 6.07 Å². The number of hydrogen-bond donors (Lipinski definition) is 1. The van der Waals surface area contributed by atoms with E-state index in [2.05, 4.69) is 15.5 Å². The molecule has 10 heteroatoms. The number of nitriles is 1. The van der Waals surface area contributed by atoms with E-state index in [1.165, 1.54) is 35.2 Å². The van der Waals surface area contributed by atoms with E-state index < -0.39 is 4.92 Å². The van der Waals surface area contributed by atoms with Crippen LogP contribution in [0.5, 0.6) is 0 Å². The molecule has 22 heavy (non-hydrogen) atoms. The van der Waals surface area contributed by atoms with Crippen molar-refractivity contribution in [2.45, 2.75) is 9.24 Å². The molecule has 0 atom stereocenters. The van der Waals surface area contributed by atoms with Crippen LogP contribution < -0.4 is 5.32 Å². The number of rotatable bonds is 7. The number of nitrogens with one attached hydrogen (secondary N) is 1. The van der Waals surface area contributed by atoms with Crippen LogP contribution in [0.4, 0.5) is 10.8 Å². The van der Waals surface area contributed by atoms with Gasteiger partial charge in [-0.25, -0.2) is 0 Å². The minimum atomic E-state index is -0.530. The number of non-ortho nitro benzene ring substituents is 1. The molecule has 0 amide bonds. The number of anilines is 1. The first kappa shape index (κ1) is 16.2. The Morgan fingerprint density at radius 3 is 3.05 bits per heavy atom. The van der Waals surface area contributed by atoms with E-state index in [4.69, 9.17) is 10.00 Å². The highest BCUT2D eigenvalue weighted by Crippen LogP contribution is 2.35. The molecule has 1 aromatic carbocycles. The first-order valence-electron chi connectivity index (χ1n) is 6.06. The second kappa shape index (κ2) is 7.69. The zero-order valence-electron chi connectivity index (χ0n) is 11.5. The van der Waals surface area contributed by atoms with Crippen molar-refractivity contribution in [3.05, 3.63) is 33.9 Å². The van der Waals surface area contributed by atoms with Crippen LogP contribution in [0, 0.1) is 21.4 Å². The van der Waals surface area contributed by atoms with Crippen molar-refractivity contribution in [1.82, 2.24) is 10.2 Å². The third kappa shape index (κ3) is 4.14. The lowest BCUT2D eigenvalue weighted by Gasteiger charge is -2.00. The van der Waals surface area contributed by atoms with Crippen molar-refractivity contribution >= 4 is 33.9 Å². The Bertz CT molecular complexity index is 713. The fourth-order valence-electron chi connectivity index (χ4n) is 1.48. The van der Waals surface area contributed by atoms with E-state index in [1.807, 2.05) is 6.07 Å². The summed E-state index contributed by atoms with van der Waals surface area (Å²) < 4.78 is 5.57. The summed E-state index contributed by atoms with van der Waals surface area (Å²) in [5.41, 5.74) is 0.128. The van der Waals surface area contributed by atoms with Gasteiger partial charge in [0.1, 0.15) is 6.07 Å². The van der Waals surface area contributed by atoms with Crippen LogP contribution in [0.25, 0.3) is 0 Å². The van der Waals surface area contributed by atoms with E-state index >= 15 is 0 Å². The van der Waals surface area contributed by atoms with Crippen molar-refractivity contribution in [3.63, 3.8) is 0 Å². The van der Waals surface area contributed by atoms with Crippen molar-refractivity contribution < 1.29 is 9.66 Å². The summed E-state index contributed by atoms with van der Waals surface area (Å²) in [6, 6.07) is 6.12. The van der Waals surface area contributed by atoms with E-state index in [0.717, 1.165) is 0 Å². The van der Waals surface area contributed by atoms with E-state index in [1.54, 1.807) is 13.2 Å². The van der Waals surface area contributed by atoms with Gasteiger partial charge in [-0.05, 0) is 6.07 Å². The standard InChI is InChI=1S/C12H11N5O3S2/c1-20-5-4-14-11-15-16-12(22-11)21-10-3-2-9(17(18)19)6-8(10)7-13/h2-3,6H,4-5H2,1H3,(H,14,15). The highest BCUT2D eigenvalue weighted by atomic mass is 32.2. The summed E-state index contributed by atoms with van der Waals surface area (Å²) in [6.45, 7) is 1.18. The van der Waals surface area contributed by atoms with Gasteiger partial charge in [0, 0.05) is 30.7 Å². The molecule has 0 aliphatic heterocycles. The van der Waals surface area contributed by atoms with Gasteiger partial charge in [-0.1, -0.05) is 23.1 Å². The maximum Gasteiger partial charge on any atom is 0.270 e. The number of nitrogens with zero attached hydrogens (tertiary/aromatic N) is 4. The fourth-order valence-corrected chi connectivity index (χ4v) is 3.28. The molecule has 2 aromatic rings. The molecular weight excluding hydrogens is 326 g/mol. The van der Waals surface area contributed by atoms with Crippen LogP contribution in [-0.4, -0.2) is 35.4 Å². The predicted molar refractivity (Wildman–Crippen MR) is 82.2 cm³/mol. The summed E-state index contributed by atoms with van der Waals surface area (Å²) in [7, 11) is 1.61. The lowest BCUT2D eigenvalue weighted by atomic mass is 10.2. The number of hydrogen-bond acceptors (Lipinski definition) is 9. The maximum atomic E-state index is 10.7. The van der Waals surface area contributed by atoms with Gasteiger partial charge in [-0.2, -0.15) is 5.26 Å². The molecular formula is C12H11N5O3S2. The molecule has 0 spiro atoms. The molecule has 2 rings (SSSR count). The molecule has 0 aliphatic carbocycles. The van der Waals surface area contributed by atoms with Gasteiger partial charge in [0.25, 0.3) is 5.69 Å². The summed E-state index contributed by atoms with van der Waals surface area (Å²) in [5, 5.41) is 31.5. The minimum absolute atomic E-state index is 0.111. The molecule has 0 radical (unpaired) electrons. The molecule has 0 fully saturated rings. The summed E-state index contributed by atoms with van der Waals surface area (Å²) >= 11 is 2.59. The zero-order valence-corrected chi connectivity index (χ0v) is 13.1. The molecule has 8 nitrogen and oxygen atoms in total. The maximum absolute atomic E-state index is 10.7. The normalized spacial score (nSPS) is 10.2. The second-order valence-electron chi connectivity index (χ2n) is 3.94. The molecule has 1 heterocycles. The highest BCUT2D eigenvalue weighted by Gasteiger charge is 2.13. The van der Waals surface area contributed by atoms with Crippen molar-refractivity contribution in [2.24, 2.45) is 0 Å². The summed E-state index contributed by atoms with van der Waals surface area (Å²) in [4.78, 5) is 10.8. The van der Waals surface area contributed by atoms with E-state index in [9.17, 15) is 10.1 Å². The third-order valence-electron chi connectivity index (χ3n) is 2.48. The molecule has 0 aliphatic rings. The smallest absolute Gasteiger partial charge is 0.270 e. The quantitative estimate of drug-likeness (QED) is 0.466.